The quantitative estimate of drug-likeness (QED) is 0.645. The molecule has 7 heteroatoms. The molecule has 3 nitrogen and oxygen atoms in total. The van der Waals surface area contributed by atoms with Gasteiger partial charge < -0.3 is 10.8 Å². The summed E-state index contributed by atoms with van der Waals surface area (Å²) >= 11 is 0.704. The van der Waals surface area contributed by atoms with Gasteiger partial charge in [-0.05, 0) is 12.3 Å². The van der Waals surface area contributed by atoms with Crippen LogP contribution < -0.4 is 5.73 Å². The molecular weight excluding hydrogens is 255 g/mol. The first kappa shape index (κ1) is 13.9. The van der Waals surface area contributed by atoms with Gasteiger partial charge in [0.05, 0.1) is 10.8 Å². The van der Waals surface area contributed by atoms with Crippen LogP contribution in [0.15, 0.2) is 11.0 Å². The van der Waals surface area contributed by atoms with E-state index in [2.05, 4.69) is 0 Å². The lowest BCUT2D eigenvalue weighted by Crippen LogP contribution is -2.23. The fourth-order valence-electron chi connectivity index (χ4n) is 1.40. The van der Waals surface area contributed by atoms with Gasteiger partial charge in [-0.2, -0.15) is 0 Å². The summed E-state index contributed by atoms with van der Waals surface area (Å²) in [6.07, 6.45) is 1.39. The summed E-state index contributed by atoms with van der Waals surface area (Å²) in [5.74, 6) is -6.64. The minimum absolute atomic E-state index is 0.441. The Hall–Kier alpha value is -1.21. The maximum absolute atomic E-state index is 13.6. The van der Waals surface area contributed by atoms with Crippen LogP contribution in [0.4, 0.5) is 13.2 Å². The van der Waals surface area contributed by atoms with Crippen LogP contribution >= 0.6 is 11.8 Å². The fourth-order valence-corrected chi connectivity index (χ4v) is 1.92. The van der Waals surface area contributed by atoms with Crippen molar-refractivity contribution in [2.45, 2.75) is 10.8 Å². The molecule has 1 aromatic carbocycles. The summed E-state index contributed by atoms with van der Waals surface area (Å²) in [4.78, 5) is 10.3. The van der Waals surface area contributed by atoms with Crippen LogP contribution in [0, 0.1) is 17.5 Å². The zero-order valence-corrected chi connectivity index (χ0v) is 9.65. The van der Waals surface area contributed by atoms with Crippen molar-refractivity contribution >= 4 is 17.7 Å². The van der Waals surface area contributed by atoms with Crippen LogP contribution in [0.2, 0.25) is 0 Å². The molecule has 0 saturated heterocycles. The van der Waals surface area contributed by atoms with Crippen molar-refractivity contribution in [1.29, 1.82) is 0 Å². The lowest BCUT2D eigenvalue weighted by Gasteiger charge is -2.13. The highest BCUT2D eigenvalue weighted by Crippen LogP contribution is 2.30. The van der Waals surface area contributed by atoms with E-state index in [9.17, 15) is 18.0 Å². The molecule has 1 unspecified atom stereocenters. The molecule has 1 atom stereocenters. The Bertz CT molecular complexity index is 454. The zero-order valence-electron chi connectivity index (χ0n) is 8.84. The van der Waals surface area contributed by atoms with E-state index in [0.29, 0.717) is 17.8 Å². The number of nitrogens with two attached hydrogens (primary N) is 1. The van der Waals surface area contributed by atoms with Gasteiger partial charge in [0.2, 0.25) is 0 Å². The summed E-state index contributed by atoms with van der Waals surface area (Å²) in [5.41, 5.74) is 4.57. The summed E-state index contributed by atoms with van der Waals surface area (Å²) < 4.78 is 40.4. The van der Waals surface area contributed by atoms with Crippen LogP contribution in [0.3, 0.4) is 0 Å². The number of hydrogen-bond donors (Lipinski definition) is 2. The molecule has 0 amide bonds. The van der Waals surface area contributed by atoms with Crippen molar-refractivity contribution in [1.82, 2.24) is 0 Å². The Morgan fingerprint density at radius 3 is 2.47 bits per heavy atom. The van der Waals surface area contributed by atoms with Gasteiger partial charge in [-0.1, -0.05) is 0 Å². The molecule has 0 aliphatic heterocycles. The predicted octanol–water partition coefficient (Wildman–Crippen LogP) is 1.95. The van der Waals surface area contributed by atoms with Crippen LogP contribution in [-0.4, -0.2) is 23.9 Å². The van der Waals surface area contributed by atoms with Gasteiger partial charge in [-0.25, -0.2) is 13.2 Å². The average Bonchev–Trinajstić information content (AvgIpc) is 2.26. The van der Waals surface area contributed by atoms with Crippen LogP contribution in [0.25, 0.3) is 0 Å². The molecule has 0 aromatic heterocycles. The standard InChI is InChI=1S/C10H10F3NO2S/c1-17-9-6(11)2-4(7(12)8(9)13)5(3-14)10(15)16/h2,5H,3,14H2,1H3,(H,15,16). The van der Waals surface area contributed by atoms with E-state index in [0.717, 1.165) is 0 Å². The highest BCUT2D eigenvalue weighted by Gasteiger charge is 2.27. The average molecular weight is 265 g/mol. The number of rotatable bonds is 4. The number of carboxylic acid groups (broad SMARTS) is 1. The van der Waals surface area contributed by atoms with Crippen LogP contribution in [0.1, 0.15) is 11.5 Å². The largest absolute Gasteiger partial charge is 0.481 e. The van der Waals surface area contributed by atoms with Crippen molar-refractivity contribution < 1.29 is 23.1 Å². The smallest absolute Gasteiger partial charge is 0.312 e. The lowest BCUT2D eigenvalue weighted by atomic mass is 9.98. The molecule has 94 valence electrons. The molecular formula is C10H10F3NO2S. The van der Waals surface area contributed by atoms with Gasteiger partial charge in [-0.15, -0.1) is 11.8 Å². The maximum atomic E-state index is 13.6. The third-order valence-electron chi connectivity index (χ3n) is 2.26. The van der Waals surface area contributed by atoms with Crippen molar-refractivity contribution in [2.75, 3.05) is 12.8 Å². The van der Waals surface area contributed by atoms with E-state index in [4.69, 9.17) is 10.8 Å². The van der Waals surface area contributed by atoms with E-state index in [-0.39, 0.29) is 0 Å². The van der Waals surface area contributed by atoms with Gasteiger partial charge in [0.25, 0.3) is 0 Å². The van der Waals surface area contributed by atoms with Gasteiger partial charge >= 0.3 is 5.97 Å². The first-order valence-electron chi connectivity index (χ1n) is 4.58. The molecule has 1 aromatic rings. The summed E-state index contributed by atoms with van der Waals surface area (Å²) in [6, 6.07) is 0.676. The van der Waals surface area contributed by atoms with Crippen LogP contribution in [0.5, 0.6) is 0 Å². The molecule has 17 heavy (non-hydrogen) atoms. The van der Waals surface area contributed by atoms with E-state index < -0.39 is 46.3 Å². The second-order valence-corrected chi connectivity index (χ2v) is 4.05. The third kappa shape index (κ3) is 2.55. The number of aliphatic carboxylic acids is 1. The molecule has 0 heterocycles. The maximum Gasteiger partial charge on any atom is 0.312 e. The summed E-state index contributed by atoms with van der Waals surface area (Å²) in [5, 5.41) is 8.76. The van der Waals surface area contributed by atoms with Gasteiger partial charge in [0, 0.05) is 12.1 Å². The minimum Gasteiger partial charge on any atom is -0.481 e. The van der Waals surface area contributed by atoms with E-state index >= 15 is 0 Å². The number of halogens is 3. The van der Waals surface area contributed by atoms with E-state index in [1.165, 1.54) is 6.26 Å². The molecule has 3 N–H and O–H groups in total. The number of carbonyl (C=O) groups is 1. The second kappa shape index (κ2) is 5.42. The zero-order chi connectivity index (χ0) is 13.2. The number of benzene rings is 1. The molecule has 0 fully saturated rings. The van der Waals surface area contributed by atoms with E-state index in [1.54, 1.807) is 0 Å². The number of hydrogen-bond acceptors (Lipinski definition) is 3. The SMILES string of the molecule is CSc1c(F)cc(C(CN)C(=O)O)c(F)c1F. The third-order valence-corrected chi connectivity index (χ3v) is 3.04. The molecule has 0 aliphatic rings. The minimum atomic E-state index is -1.46. The predicted molar refractivity (Wildman–Crippen MR) is 57.5 cm³/mol. The van der Waals surface area contributed by atoms with Crippen molar-refractivity contribution in [3.63, 3.8) is 0 Å². The molecule has 0 radical (unpaired) electrons. The van der Waals surface area contributed by atoms with E-state index in [1.807, 2.05) is 0 Å². The molecule has 0 aliphatic carbocycles. The molecule has 0 spiro atoms. The number of thioether (sulfide) groups is 1. The van der Waals surface area contributed by atoms with Gasteiger partial charge in [-0.3, -0.25) is 4.79 Å². The highest BCUT2D eigenvalue weighted by molar-refractivity contribution is 7.98. The Morgan fingerprint density at radius 2 is 2.06 bits per heavy atom. The highest BCUT2D eigenvalue weighted by atomic mass is 32.2. The fraction of sp³-hybridized carbons (Fsp3) is 0.300. The first-order valence-corrected chi connectivity index (χ1v) is 5.80. The van der Waals surface area contributed by atoms with Crippen LogP contribution in [-0.2, 0) is 4.79 Å². The van der Waals surface area contributed by atoms with Crippen molar-refractivity contribution in [3.8, 4) is 0 Å². The Labute approximate surface area is 99.8 Å². The summed E-state index contributed by atoms with van der Waals surface area (Å²) in [7, 11) is 0. The number of carboxylic acids is 1. The summed E-state index contributed by atoms with van der Waals surface area (Å²) in [6.45, 7) is -0.441. The van der Waals surface area contributed by atoms with Crippen molar-refractivity contribution in [2.24, 2.45) is 5.73 Å². The lowest BCUT2D eigenvalue weighted by molar-refractivity contribution is -0.138. The van der Waals surface area contributed by atoms with Gasteiger partial charge in [0.15, 0.2) is 11.6 Å². The topological polar surface area (TPSA) is 63.3 Å². The Balaban J connectivity index is 3.41. The molecule has 0 bridgehead atoms. The second-order valence-electron chi connectivity index (χ2n) is 3.24. The first-order chi connectivity index (χ1) is 7.93. The Morgan fingerprint density at radius 1 is 1.47 bits per heavy atom. The monoisotopic (exact) mass is 265 g/mol. The Kier molecular flexibility index (Phi) is 4.41. The molecule has 0 saturated carbocycles. The molecule has 1 rings (SSSR count). The van der Waals surface area contributed by atoms with Gasteiger partial charge in [0.1, 0.15) is 5.82 Å². The van der Waals surface area contributed by atoms with Crippen molar-refractivity contribution in [3.05, 3.63) is 29.1 Å². The normalized spacial score (nSPS) is 12.5.